The number of hydrogen-bond donors (Lipinski definition) is 20. The molecule has 1 fully saturated rings. The van der Waals surface area contributed by atoms with E-state index in [9.17, 15) is 112 Å². The largest absolute Gasteiger partial charge is 0.481 e. The van der Waals surface area contributed by atoms with E-state index in [0.717, 1.165) is 6.92 Å². The zero-order valence-corrected chi connectivity index (χ0v) is 63.3. The Morgan fingerprint density at radius 1 is 0.431 bits per heavy atom. The first-order valence-electron chi connectivity index (χ1n) is 36.2. The highest BCUT2D eigenvalue weighted by Gasteiger charge is 2.41. The summed E-state index contributed by atoms with van der Waals surface area (Å²) in [6, 6.07) is -14.6. The first-order valence-corrected chi connectivity index (χ1v) is 36.2. The molecule has 1 aliphatic heterocycles. The molecule has 1 heterocycles. The molecule has 1 aliphatic rings. The summed E-state index contributed by atoms with van der Waals surface area (Å²) in [5, 5.41) is 78.1. The molecule has 0 radical (unpaired) electrons. The van der Waals surface area contributed by atoms with Gasteiger partial charge in [-0.3, -0.25) is 81.5 Å². The Morgan fingerprint density at radius 2 is 0.807 bits per heavy atom. The molecule has 0 aromatic heterocycles. The van der Waals surface area contributed by atoms with Crippen LogP contribution < -0.4 is 81.0 Å². The van der Waals surface area contributed by atoms with Crippen molar-refractivity contribution >= 4 is 107 Å². The number of carbonyl (C=O) groups is 18. The number of nitrogens with zero attached hydrogens (tertiary/aromatic N) is 1. The number of carboxylic acid groups (broad SMARTS) is 4. The van der Waals surface area contributed by atoms with E-state index < -0.39 is 242 Å². The molecule has 2 rings (SSSR count). The van der Waals surface area contributed by atoms with Gasteiger partial charge < -0.3 is 111 Å². The van der Waals surface area contributed by atoms with Gasteiger partial charge in [0, 0.05) is 19.4 Å². The number of hydrogen-bond acceptors (Lipinski definition) is 21. The highest BCUT2D eigenvalue weighted by molar-refractivity contribution is 6.01. The Bertz CT molecular complexity index is 3340. The van der Waals surface area contributed by atoms with Crippen LogP contribution in [0.5, 0.6) is 0 Å². The SMILES string of the molecule is CC(C)C[C@H](NC(=O)[C@H](CCC(N)=O)NC(=O)[C@H](CCCCN)NC(=O)[C@H](CO)NC(=O)[C@H](Cc1ccccc1)NC(=O)[C@H](CC(=O)O)NC(=O)[C@H](CC(=O)O)NC(=O)[C@H](CC(C)C)NC(=O)[C@H](CC(=O)O)NC(=O)[C@H](C)NC(=O)[C@H](C)NC(=O)[C@@H]1CCCN1C(=O)[C@H](CC(C)C)NC(=O)[C@@H](N)CC(C)C)C(=O)O. The van der Waals surface area contributed by atoms with Crippen LogP contribution in [0.25, 0.3) is 0 Å². The lowest BCUT2D eigenvalue weighted by Gasteiger charge is -2.30. The Kier molecular flexibility index (Phi) is 41.1. The van der Waals surface area contributed by atoms with Gasteiger partial charge >= 0.3 is 23.9 Å². The summed E-state index contributed by atoms with van der Waals surface area (Å²) in [4.78, 5) is 242. The van der Waals surface area contributed by atoms with Crippen molar-refractivity contribution in [3.63, 3.8) is 0 Å². The standard InChI is InChI=1S/C70H112N16O23/c1-34(2)25-41(72)59(97)83-49(27-36(5)6)69(107)86-24-16-20-52(86)68(106)75-38(9)57(95)74-39(10)58(96)78-46(30-54(89)90)64(102)79-44(26-35(3)4)62(100)81-48(32-56(93)94)66(104)82-47(31-55(91)92)65(103)80-45(29-40-17-12-11-13-18-40)63(101)85-51(33-87)67(105)76-42(19-14-15-23-71)60(98)77-43(21-22-53(73)88)61(99)84-50(70(108)109)28-37(7)8/h11-13,17-18,34-39,41-52,87H,14-16,19-33,71-72H2,1-10H3,(H2,73,88)(H,74,95)(H,75,106)(H,76,105)(H,77,98)(H,78,96)(H,79,102)(H,80,103)(H,81,100)(H,82,104)(H,83,97)(H,84,99)(H,85,101)(H,89,90)(H,91,92)(H,93,94)(H,108,109)/t38-,39-,41-,42-,43-,44-,45-,46-,47-,48-,49-,50-,51-,52-/m0/s1. The predicted molar refractivity (Wildman–Crippen MR) is 388 cm³/mol. The van der Waals surface area contributed by atoms with E-state index in [1.54, 1.807) is 33.8 Å². The third kappa shape index (κ3) is 35.0. The summed E-state index contributed by atoms with van der Waals surface area (Å²) in [7, 11) is 0. The molecule has 0 saturated carbocycles. The topological polar surface area (TPSA) is 634 Å². The molecular formula is C70H112N16O23. The second-order valence-corrected chi connectivity index (χ2v) is 28.7. The molecule has 109 heavy (non-hydrogen) atoms. The number of likely N-dealkylation sites (tertiary alicyclic amines) is 1. The number of amides is 14. The summed E-state index contributed by atoms with van der Waals surface area (Å²) in [5.74, 6) is -22.0. The van der Waals surface area contributed by atoms with Crippen molar-refractivity contribution in [2.75, 3.05) is 19.7 Å². The minimum absolute atomic E-state index is 0.0176. The molecular weight excluding hydrogens is 1430 g/mol. The minimum atomic E-state index is -2.20. The number of aliphatic hydroxyl groups is 1. The number of carboxylic acids is 4. The number of aliphatic carboxylic acids is 4. The van der Waals surface area contributed by atoms with E-state index in [1.807, 2.05) is 27.7 Å². The third-order valence-electron chi connectivity index (χ3n) is 17.0. The maximum absolute atomic E-state index is 14.3. The second kappa shape index (κ2) is 47.4. The normalized spacial score (nSPS) is 16.2. The predicted octanol–water partition coefficient (Wildman–Crippen LogP) is -4.52. The van der Waals surface area contributed by atoms with Gasteiger partial charge in [-0.15, -0.1) is 0 Å². The lowest BCUT2D eigenvalue weighted by molar-refractivity contribution is -0.144. The van der Waals surface area contributed by atoms with Crippen molar-refractivity contribution in [1.29, 1.82) is 0 Å². The van der Waals surface area contributed by atoms with Crippen molar-refractivity contribution in [2.24, 2.45) is 40.9 Å². The van der Waals surface area contributed by atoms with Crippen molar-refractivity contribution in [3.8, 4) is 0 Å². The minimum Gasteiger partial charge on any atom is -0.481 e. The molecule has 1 aromatic rings. The average Bonchev–Trinajstić information content (AvgIpc) is 1.79. The maximum atomic E-state index is 14.3. The number of nitrogens with one attached hydrogen (secondary N) is 12. The van der Waals surface area contributed by atoms with Gasteiger partial charge in [0.2, 0.25) is 82.7 Å². The fourth-order valence-corrected chi connectivity index (χ4v) is 11.5. The van der Waals surface area contributed by atoms with Crippen molar-refractivity contribution in [2.45, 2.75) is 250 Å². The lowest BCUT2D eigenvalue weighted by Crippen LogP contribution is -2.61. The van der Waals surface area contributed by atoms with Crippen LogP contribution in [0.4, 0.5) is 0 Å². The number of aliphatic hydroxyl groups excluding tert-OH is 1. The number of rotatable bonds is 50. The smallest absolute Gasteiger partial charge is 0.326 e. The number of carbonyl (C=O) groups excluding carboxylic acids is 14. The van der Waals surface area contributed by atoms with Gasteiger partial charge in [0.1, 0.15) is 78.5 Å². The number of nitrogens with two attached hydrogens (primary N) is 3. The van der Waals surface area contributed by atoms with Crippen LogP contribution >= 0.6 is 0 Å². The van der Waals surface area contributed by atoms with Gasteiger partial charge in [0.15, 0.2) is 0 Å². The Labute approximate surface area is 631 Å². The van der Waals surface area contributed by atoms with Crippen LogP contribution in [-0.2, 0) is 92.7 Å². The van der Waals surface area contributed by atoms with E-state index in [-0.39, 0.29) is 69.4 Å². The molecule has 1 saturated heterocycles. The van der Waals surface area contributed by atoms with Gasteiger partial charge in [-0.1, -0.05) is 85.7 Å². The Balaban J connectivity index is 2.40. The highest BCUT2D eigenvalue weighted by Crippen LogP contribution is 2.22. The summed E-state index contributed by atoms with van der Waals surface area (Å²) >= 11 is 0. The van der Waals surface area contributed by atoms with E-state index in [0.29, 0.717) is 24.8 Å². The van der Waals surface area contributed by atoms with Crippen LogP contribution in [0.2, 0.25) is 0 Å². The number of benzene rings is 1. The Hall–Kier alpha value is -10.4. The van der Waals surface area contributed by atoms with Crippen molar-refractivity contribution in [1.82, 2.24) is 68.7 Å². The fraction of sp³-hybridized carbons (Fsp3) is 0.657. The molecule has 0 unspecified atom stereocenters. The molecule has 610 valence electrons. The average molecular weight is 1550 g/mol. The zero-order chi connectivity index (χ0) is 82.7. The monoisotopic (exact) mass is 1540 g/mol. The first kappa shape index (κ1) is 94.6. The molecule has 0 spiro atoms. The van der Waals surface area contributed by atoms with E-state index in [1.165, 1.54) is 36.1 Å². The summed E-state index contributed by atoms with van der Waals surface area (Å²) < 4.78 is 0. The van der Waals surface area contributed by atoms with Crippen LogP contribution in [0.15, 0.2) is 30.3 Å². The van der Waals surface area contributed by atoms with Gasteiger partial charge in [0.05, 0.1) is 31.9 Å². The van der Waals surface area contributed by atoms with E-state index in [4.69, 9.17) is 17.2 Å². The van der Waals surface area contributed by atoms with Crippen molar-refractivity contribution in [3.05, 3.63) is 35.9 Å². The zero-order valence-electron chi connectivity index (χ0n) is 63.3. The second-order valence-electron chi connectivity index (χ2n) is 28.7. The molecule has 1 aromatic carbocycles. The van der Waals surface area contributed by atoms with Crippen molar-refractivity contribution < 1.29 is 112 Å². The fourth-order valence-electron chi connectivity index (χ4n) is 11.5. The molecule has 39 heteroatoms. The van der Waals surface area contributed by atoms with Crippen LogP contribution in [-0.4, -0.2) is 241 Å². The highest BCUT2D eigenvalue weighted by atomic mass is 16.4. The molecule has 14 amide bonds. The quantitative estimate of drug-likeness (QED) is 0.0273. The van der Waals surface area contributed by atoms with Crippen LogP contribution in [0.1, 0.15) is 165 Å². The van der Waals surface area contributed by atoms with Gasteiger partial charge in [-0.05, 0) is 114 Å². The summed E-state index contributed by atoms with van der Waals surface area (Å²) in [6.07, 6.45) is -3.79. The van der Waals surface area contributed by atoms with Gasteiger partial charge in [-0.25, -0.2) is 4.79 Å². The number of primary amides is 1. The maximum Gasteiger partial charge on any atom is 0.326 e. The third-order valence-corrected chi connectivity index (χ3v) is 17.0. The molecule has 39 nitrogen and oxygen atoms in total. The molecule has 0 aliphatic carbocycles. The van der Waals surface area contributed by atoms with E-state index >= 15 is 0 Å². The molecule has 14 atom stereocenters. The van der Waals surface area contributed by atoms with Crippen LogP contribution in [0, 0.1) is 23.7 Å². The number of unbranched alkanes of at least 4 members (excludes halogenated alkanes) is 1. The summed E-state index contributed by atoms with van der Waals surface area (Å²) in [5.41, 5.74) is 17.4. The van der Waals surface area contributed by atoms with Gasteiger partial charge in [-0.2, -0.15) is 0 Å². The Morgan fingerprint density at radius 3 is 1.28 bits per heavy atom. The van der Waals surface area contributed by atoms with Gasteiger partial charge in [0.25, 0.3) is 0 Å². The summed E-state index contributed by atoms with van der Waals surface area (Å²) in [6.45, 7) is 15.6. The lowest BCUT2D eigenvalue weighted by atomic mass is 10.00. The molecule has 0 bridgehead atoms. The first-order chi connectivity index (χ1) is 51.0. The van der Waals surface area contributed by atoms with Crippen LogP contribution in [0.3, 0.4) is 0 Å². The molecule has 23 N–H and O–H groups in total. The van der Waals surface area contributed by atoms with E-state index in [2.05, 4.69) is 63.8 Å².